The normalized spacial score (nSPS) is 14.2. The first kappa shape index (κ1) is 26.1. The van der Waals surface area contributed by atoms with Gasteiger partial charge in [0.2, 0.25) is 11.8 Å². The number of methoxy groups -OCH3 is 1. The zero-order valence-corrected chi connectivity index (χ0v) is 22.0. The van der Waals surface area contributed by atoms with Crippen LogP contribution in [0, 0.1) is 0 Å². The molecule has 2 amide bonds. The fourth-order valence-corrected chi connectivity index (χ4v) is 5.22. The summed E-state index contributed by atoms with van der Waals surface area (Å²) in [6, 6.07) is 20.3. The predicted molar refractivity (Wildman–Crippen MR) is 148 cm³/mol. The van der Waals surface area contributed by atoms with Gasteiger partial charge in [0.15, 0.2) is 5.78 Å². The second-order valence-corrected chi connectivity index (χ2v) is 9.74. The molecule has 0 aliphatic heterocycles. The van der Waals surface area contributed by atoms with Crippen molar-refractivity contribution in [2.24, 2.45) is 0 Å². The Morgan fingerprint density at radius 3 is 2.54 bits per heavy atom. The Labute approximate surface area is 226 Å². The molecule has 0 radical (unpaired) electrons. The number of carbonyl (C=O) groups excluding carboxylic acids is 3. The monoisotopic (exact) mass is 525 g/mol. The van der Waals surface area contributed by atoms with Crippen molar-refractivity contribution in [3.05, 3.63) is 83.9 Å². The third-order valence-corrected chi connectivity index (χ3v) is 7.13. The van der Waals surface area contributed by atoms with Gasteiger partial charge in [-0.25, -0.2) is 4.68 Å². The minimum Gasteiger partial charge on any atom is -0.497 e. The number of amides is 2. The van der Waals surface area contributed by atoms with Gasteiger partial charge in [-0.3, -0.25) is 19.3 Å². The molecule has 200 valence electrons. The second kappa shape index (κ2) is 11.5. The fourth-order valence-electron chi connectivity index (χ4n) is 5.22. The number of aromatic nitrogens is 3. The summed E-state index contributed by atoms with van der Waals surface area (Å²) in [5, 5.41) is 11.5. The lowest BCUT2D eigenvalue weighted by atomic mass is 9.99. The molecule has 0 spiro atoms. The molecule has 3 aromatic carbocycles. The summed E-state index contributed by atoms with van der Waals surface area (Å²) in [6.07, 6.45) is 3.87. The van der Waals surface area contributed by atoms with Gasteiger partial charge in [0.1, 0.15) is 23.9 Å². The van der Waals surface area contributed by atoms with E-state index < -0.39 is 11.9 Å². The summed E-state index contributed by atoms with van der Waals surface area (Å²) in [4.78, 5) is 42.4. The lowest BCUT2D eigenvalue weighted by molar-refractivity contribution is -0.127. The van der Waals surface area contributed by atoms with Gasteiger partial charge >= 0.3 is 0 Å². The Balaban J connectivity index is 1.64. The van der Waals surface area contributed by atoms with E-state index in [2.05, 4.69) is 15.6 Å². The standard InChI is InChI=1S/C30H31N5O4/c1-20(36)24-14-5-7-16-26(24)35(28(37)19-34-27-17-8-6-15-25(27)32-33-34)29(21-10-9-13-23(18-21)39-2)30(38)31-22-11-3-4-12-22/h5-10,13-18,22,29H,3-4,11-12,19H2,1-2H3,(H,31,38). The molecule has 5 rings (SSSR count). The lowest BCUT2D eigenvalue weighted by Gasteiger charge is -2.33. The van der Waals surface area contributed by atoms with Crippen LogP contribution in [0.3, 0.4) is 0 Å². The van der Waals surface area contributed by atoms with Gasteiger partial charge in [0.25, 0.3) is 0 Å². The van der Waals surface area contributed by atoms with Gasteiger partial charge in [-0.1, -0.05) is 54.5 Å². The van der Waals surface area contributed by atoms with E-state index in [0.717, 1.165) is 25.7 Å². The van der Waals surface area contributed by atoms with E-state index in [1.54, 1.807) is 55.6 Å². The number of nitrogens with zero attached hydrogens (tertiary/aromatic N) is 4. The number of hydrogen-bond donors (Lipinski definition) is 1. The number of carbonyl (C=O) groups is 3. The van der Waals surface area contributed by atoms with Crippen molar-refractivity contribution in [3.8, 4) is 5.75 Å². The van der Waals surface area contributed by atoms with Crippen LogP contribution in [0.1, 0.15) is 54.6 Å². The summed E-state index contributed by atoms with van der Waals surface area (Å²) in [5.41, 5.74) is 2.62. The maximum absolute atomic E-state index is 14.3. The molecule has 9 nitrogen and oxygen atoms in total. The topological polar surface area (TPSA) is 106 Å². The number of para-hydroxylation sites is 2. The Bertz CT molecular complexity index is 1510. The zero-order valence-electron chi connectivity index (χ0n) is 22.0. The van der Waals surface area contributed by atoms with E-state index in [1.807, 2.05) is 24.3 Å². The van der Waals surface area contributed by atoms with Crippen molar-refractivity contribution in [3.63, 3.8) is 0 Å². The van der Waals surface area contributed by atoms with Gasteiger partial charge in [0.05, 0.1) is 18.3 Å². The molecule has 9 heteroatoms. The van der Waals surface area contributed by atoms with Crippen molar-refractivity contribution >= 4 is 34.3 Å². The zero-order chi connectivity index (χ0) is 27.4. The second-order valence-electron chi connectivity index (χ2n) is 9.74. The maximum Gasteiger partial charge on any atom is 0.249 e. The van der Waals surface area contributed by atoms with Crippen molar-refractivity contribution in [1.82, 2.24) is 20.3 Å². The minimum atomic E-state index is -1.05. The third-order valence-electron chi connectivity index (χ3n) is 7.13. The highest BCUT2D eigenvalue weighted by Gasteiger charge is 2.36. The van der Waals surface area contributed by atoms with E-state index >= 15 is 0 Å². The van der Waals surface area contributed by atoms with Crippen molar-refractivity contribution in [2.45, 2.75) is 51.2 Å². The summed E-state index contributed by atoms with van der Waals surface area (Å²) in [7, 11) is 1.55. The van der Waals surface area contributed by atoms with Gasteiger partial charge < -0.3 is 10.1 Å². The molecule has 1 saturated carbocycles. The van der Waals surface area contributed by atoms with E-state index in [1.165, 1.54) is 16.5 Å². The summed E-state index contributed by atoms with van der Waals surface area (Å²) in [5.74, 6) is -0.380. The Hall–Kier alpha value is -4.53. The van der Waals surface area contributed by atoms with Crippen LogP contribution in [0.2, 0.25) is 0 Å². The first-order chi connectivity index (χ1) is 19.0. The molecular weight excluding hydrogens is 494 g/mol. The van der Waals surface area contributed by atoms with Crippen LogP contribution >= 0.6 is 0 Å². The molecule has 1 aromatic heterocycles. The third kappa shape index (κ3) is 5.52. The number of ether oxygens (including phenoxy) is 1. The van der Waals surface area contributed by atoms with Gasteiger partial charge in [-0.15, -0.1) is 5.10 Å². The molecule has 0 saturated heterocycles. The molecule has 1 unspecified atom stereocenters. The summed E-state index contributed by atoms with van der Waals surface area (Å²) >= 11 is 0. The lowest BCUT2D eigenvalue weighted by Crippen LogP contribution is -2.47. The van der Waals surface area contributed by atoms with Crippen LogP contribution in [0.15, 0.2) is 72.8 Å². The Kier molecular flexibility index (Phi) is 7.67. The van der Waals surface area contributed by atoms with Crippen molar-refractivity contribution in [2.75, 3.05) is 12.0 Å². The summed E-state index contributed by atoms with van der Waals surface area (Å²) < 4.78 is 6.96. The Morgan fingerprint density at radius 1 is 1.03 bits per heavy atom. The van der Waals surface area contributed by atoms with Gasteiger partial charge in [-0.05, 0) is 61.7 Å². The van der Waals surface area contributed by atoms with E-state index in [0.29, 0.717) is 33.6 Å². The van der Waals surface area contributed by atoms with Gasteiger partial charge in [-0.2, -0.15) is 0 Å². The van der Waals surface area contributed by atoms with Crippen LogP contribution in [0.25, 0.3) is 11.0 Å². The molecular formula is C30H31N5O4. The highest BCUT2D eigenvalue weighted by molar-refractivity contribution is 6.08. The van der Waals surface area contributed by atoms with Gasteiger partial charge in [0, 0.05) is 11.6 Å². The number of rotatable bonds is 9. The highest BCUT2D eigenvalue weighted by Crippen LogP contribution is 2.33. The SMILES string of the molecule is COc1cccc(C(C(=O)NC2CCCC2)N(C(=O)Cn2nnc3ccccc32)c2ccccc2C(C)=O)c1. The number of fused-ring (bicyclic) bond motifs is 1. The quantitative estimate of drug-likeness (QED) is 0.323. The highest BCUT2D eigenvalue weighted by atomic mass is 16.5. The molecule has 39 heavy (non-hydrogen) atoms. The van der Waals surface area contributed by atoms with E-state index in [9.17, 15) is 14.4 Å². The van der Waals surface area contributed by atoms with Crippen LogP contribution in [0.5, 0.6) is 5.75 Å². The first-order valence-corrected chi connectivity index (χ1v) is 13.1. The fraction of sp³-hybridized carbons (Fsp3) is 0.300. The number of nitrogens with one attached hydrogen (secondary N) is 1. The maximum atomic E-state index is 14.3. The van der Waals surface area contributed by atoms with Crippen LogP contribution in [-0.2, 0) is 16.1 Å². The first-order valence-electron chi connectivity index (χ1n) is 13.1. The number of anilines is 1. The number of ketones is 1. The smallest absolute Gasteiger partial charge is 0.249 e. The number of benzene rings is 3. The molecule has 1 aliphatic rings. The van der Waals surface area contributed by atoms with Crippen LogP contribution in [-0.4, -0.2) is 45.7 Å². The summed E-state index contributed by atoms with van der Waals surface area (Å²) in [6.45, 7) is 1.27. The number of Topliss-reactive ketones (excluding diaryl/α,β-unsaturated/α-hetero) is 1. The molecule has 1 aliphatic carbocycles. The molecule has 1 heterocycles. The Morgan fingerprint density at radius 2 is 1.77 bits per heavy atom. The van der Waals surface area contributed by atoms with Crippen LogP contribution in [0.4, 0.5) is 5.69 Å². The molecule has 4 aromatic rings. The van der Waals surface area contributed by atoms with Crippen molar-refractivity contribution in [1.29, 1.82) is 0 Å². The average Bonchev–Trinajstić information content (AvgIpc) is 3.61. The largest absolute Gasteiger partial charge is 0.497 e. The molecule has 1 atom stereocenters. The van der Waals surface area contributed by atoms with Crippen LogP contribution < -0.4 is 15.0 Å². The van der Waals surface area contributed by atoms with E-state index in [4.69, 9.17) is 4.74 Å². The predicted octanol–water partition coefficient (Wildman–Crippen LogP) is 4.48. The molecule has 0 bridgehead atoms. The van der Waals surface area contributed by atoms with E-state index in [-0.39, 0.29) is 24.3 Å². The minimum absolute atomic E-state index is 0.0323. The molecule has 1 fully saturated rings. The number of hydrogen-bond acceptors (Lipinski definition) is 6. The molecule has 1 N–H and O–H groups in total. The van der Waals surface area contributed by atoms with Crippen molar-refractivity contribution < 1.29 is 19.1 Å². The average molecular weight is 526 g/mol.